The van der Waals surface area contributed by atoms with E-state index < -0.39 is 12.2 Å². The monoisotopic (exact) mass is 185 g/mol. The number of hydrogen-bond donors (Lipinski definition) is 0. The first-order chi connectivity index (χ1) is 5.05. The summed E-state index contributed by atoms with van der Waals surface area (Å²) in [5.41, 5.74) is 0. The summed E-state index contributed by atoms with van der Waals surface area (Å²) in [5, 5.41) is 0. The molecule has 0 aliphatic carbocycles. The lowest BCUT2D eigenvalue weighted by Gasteiger charge is -2.23. The van der Waals surface area contributed by atoms with E-state index in [1.165, 1.54) is 16.3 Å². The molecule has 0 aromatic carbocycles. The highest BCUT2D eigenvalue weighted by molar-refractivity contribution is 7.96. The van der Waals surface area contributed by atoms with Crippen LogP contribution in [0.25, 0.3) is 0 Å². The molecule has 11 heavy (non-hydrogen) atoms. The smallest absolute Gasteiger partial charge is 0.239 e. The molecule has 0 bridgehead atoms. The largest absolute Gasteiger partial charge is 0.404 e. The molecule has 5 heteroatoms. The topological polar surface area (TPSA) is 3.24 Å². The molecule has 0 radical (unpaired) electrons. The summed E-state index contributed by atoms with van der Waals surface area (Å²) in [6.07, 6.45) is -1.45. The van der Waals surface area contributed by atoms with Gasteiger partial charge in [0, 0.05) is 6.54 Å². The Hall–Kier alpha value is 0.100. The Kier molecular flexibility index (Phi) is 2.70. The van der Waals surface area contributed by atoms with E-state index in [9.17, 15) is 13.2 Å². The van der Waals surface area contributed by atoms with Gasteiger partial charge in [-0.05, 0) is 19.1 Å². The molecule has 0 N–H and O–H groups in total. The SMILES string of the molecule is CSN1CCC[C@H]1C(F)(F)F. The zero-order valence-corrected chi connectivity index (χ0v) is 7.00. The average molecular weight is 185 g/mol. The molecule has 0 amide bonds. The van der Waals surface area contributed by atoms with E-state index in [2.05, 4.69) is 0 Å². The molecule has 1 fully saturated rings. The van der Waals surface area contributed by atoms with E-state index in [0.29, 0.717) is 13.0 Å². The Labute approximate surface area is 68.1 Å². The molecule has 0 spiro atoms. The van der Waals surface area contributed by atoms with Crippen LogP contribution in [-0.4, -0.2) is 29.3 Å². The Morgan fingerprint density at radius 1 is 1.45 bits per heavy atom. The molecule has 0 aromatic rings. The molecular weight excluding hydrogens is 175 g/mol. The van der Waals surface area contributed by atoms with Gasteiger partial charge >= 0.3 is 6.18 Å². The van der Waals surface area contributed by atoms with Crippen molar-refractivity contribution in [3.63, 3.8) is 0 Å². The third kappa shape index (κ3) is 2.02. The second kappa shape index (κ2) is 3.23. The molecule has 66 valence electrons. The average Bonchev–Trinajstić information content (AvgIpc) is 2.31. The van der Waals surface area contributed by atoms with Crippen molar-refractivity contribution in [3.05, 3.63) is 0 Å². The van der Waals surface area contributed by atoms with Crippen molar-refractivity contribution in [2.24, 2.45) is 0 Å². The van der Waals surface area contributed by atoms with Gasteiger partial charge in [-0.1, -0.05) is 11.9 Å². The third-order valence-corrected chi connectivity index (χ3v) is 2.72. The van der Waals surface area contributed by atoms with Crippen LogP contribution in [0.5, 0.6) is 0 Å². The second-order valence-electron chi connectivity index (χ2n) is 2.52. The van der Waals surface area contributed by atoms with Crippen LogP contribution in [0.1, 0.15) is 12.8 Å². The van der Waals surface area contributed by atoms with Gasteiger partial charge in [-0.25, -0.2) is 4.31 Å². The van der Waals surface area contributed by atoms with Gasteiger partial charge < -0.3 is 0 Å². The molecule has 1 rings (SSSR count). The lowest BCUT2D eigenvalue weighted by molar-refractivity contribution is -0.163. The van der Waals surface area contributed by atoms with Crippen LogP contribution >= 0.6 is 11.9 Å². The van der Waals surface area contributed by atoms with Gasteiger partial charge in [0.1, 0.15) is 6.04 Å². The normalized spacial score (nSPS) is 27.8. The number of hydrogen-bond acceptors (Lipinski definition) is 2. The molecule has 0 unspecified atom stereocenters. The summed E-state index contributed by atoms with van der Waals surface area (Å²) in [4.78, 5) is 0. The van der Waals surface area contributed by atoms with Gasteiger partial charge in [0.2, 0.25) is 0 Å². The van der Waals surface area contributed by atoms with Crippen LogP contribution in [-0.2, 0) is 0 Å². The van der Waals surface area contributed by atoms with E-state index in [-0.39, 0.29) is 6.42 Å². The maximum Gasteiger partial charge on any atom is 0.404 e. The van der Waals surface area contributed by atoms with E-state index in [4.69, 9.17) is 0 Å². The Bertz CT molecular complexity index is 136. The Morgan fingerprint density at radius 2 is 2.09 bits per heavy atom. The molecule has 0 aromatic heterocycles. The van der Waals surface area contributed by atoms with E-state index in [1.54, 1.807) is 6.26 Å². The summed E-state index contributed by atoms with van der Waals surface area (Å²) < 4.78 is 37.8. The Morgan fingerprint density at radius 3 is 2.45 bits per heavy atom. The Balaban J connectivity index is 2.57. The highest BCUT2D eigenvalue weighted by Crippen LogP contribution is 2.35. The summed E-state index contributed by atoms with van der Waals surface area (Å²) >= 11 is 1.18. The van der Waals surface area contributed by atoms with Gasteiger partial charge in [-0.15, -0.1) is 0 Å². The van der Waals surface area contributed by atoms with Crippen molar-refractivity contribution >= 4 is 11.9 Å². The van der Waals surface area contributed by atoms with Gasteiger partial charge in [-0.2, -0.15) is 13.2 Å². The van der Waals surface area contributed by atoms with Crippen molar-refractivity contribution in [3.8, 4) is 0 Å². The van der Waals surface area contributed by atoms with Crippen LogP contribution in [0.2, 0.25) is 0 Å². The van der Waals surface area contributed by atoms with Crippen LogP contribution in [0.15, 0.2) is 0 Å². The zero-order valence-electron chi connectivity index (χ0n) is 6.19. The van der Waals surface area contributed by atoms with Gasteiger partial charge in [0.05, 0.1) is 0 Å². The van der Waals surface area contributed by atoms with Gasteiger partial charge in [0.25, 0.3) is 0 Å². The first-order valence-electron chi connectivity index (χ1n) is 3.43. The summed E-state index contributed by atoms with van der Waals surface area (Å²) in [6.45, 7) is 0.561. The van der Waals surface area contributed by atoms with E-state index >= 15 is 0 Å². The fourth-order valence-electron chi connectivity index (χ4n) is 1.29. The summed E-state index contributed by atoms with van der Waals surface area (Å²) in [6, 6.07) is -1.21. The zero-order chi connectivity index (χ0) is 8.48. The van der Waals surface area contributed by atoms with Crippen LogP contribution in [0.3, 0.4) is 0 Å². The van der Waals surface area contributed by atoms with Crippen LogP contribution < -0.4 is 0 Å². The fraction of sp³-hybridized carbons (Fsp3) is 1.00. The number of alkyl halides is 3. The molecule has 1 aliphatic heterocycles. The van der Waals surface area contributed by atoms with Crippen LogP contribution in [0.4, 0.5) is 13.2 Å². The maximum absolute atomic E-state index is 12.1. The fourth-order valence-corrected chi connectivity index (χ4v) is 2.08. The minimum absolute atomic E-state index is 0.254. The van der Waals surface area contributed by atoms with Crippen molar-refractivity contribution in [2.75, 3.05) is 12.8 Å². The lowest BCUT2D eigenvalue weighted by Crippen LogP contribution is -2.36. The molecule has 1 saturated heterocycles. The molecule has 1 heterocycles. The standard InChI is InChI=1S/C6H10F3NS/c1-11-10-4-2-3-5(10)6(7,8)9/h5H,2-4H2,1H3/t5-/m0/s1. The van der Waals surface area contributed by atoms with E-state index in [1.807, 2.05) is 0 Å². The summed E-state index contributed by atoms with van der Waals surface area (Å²) in [7, 11) is 0. The molecule has 1 nitrogen and oxygen atoms in total. The van der Waals surface area contributed by atoms with Crippen LogP contribution in [0, 0.1) is 0 Å². The first-order valence-corrected chi connectivity index (χ1v) is 4.61. The van der Waals surface area contributed by atoms with Crippen molar-refractivity contribution < 1.29 is 13.2 Å². The first kappa shape index (κ1) is 9.19. The predicted molar refractivity (Wildman–Crippen MR) is 39.3 cm³/mol. The number of rotatable bonds is 1. The second-order valence-corrected chi connectivity index (χ2v) is 3.36. The molecule has 0 saturated carbocycles. The number of halogens is 3. The number of nitrogens with zero attached hydrogens (tertiary/aromatic N) is 1. The molecule has 1 atom stereocenters. The van der Waals surface area contributed by atoms with Gasteiger partial charge in [-0.3, -0.25) is 0 Å². The van der Waals surface area contributed by atoms with E-state index in [0.717, 1.165) is 0 Å². The van der Waals surface area contributed by atoms with Crippen molar-refractivity contribution in [1.82, 2.24) is 4.31 Å². The van der Waals surface area contributed by atoms with Gasteiger partial charge in [0.15, 0.2) is 0 Å². The minimum Gasteiger partial charge on any atom is -0.239 e. The third-order valence-electron chi connectivity index (χ3n) is 1.82. The van der Waals surface area contributed by atoms with Crippen molar-refractivity contribution in [2.45, 2.75) is 25.1 Å². The highest BCUT2D eigenvalue weighted by Gasteiger charge is 2.45. The quantitative estimate of drug-likeness (QED) is 0.576. The predicted octanol–water partition coefficient (Wildman–Crippen LogP) is 2.29. The lowest BCUT2D eigenvalue weighted by atomic mass is 10.2. The minimum atomic E-state index is -4.04. The summed E-state index contributed by atoms with van der Waals surface area (Å²) in [5.74, 6) is 0. The van der Waals surface area contributed by atoms with Crippen molar-refractivity contribution in [1.29, 1.82) is 0 Å². The molecular formula is C6H10F3NS. The maximum atomic E-state index is 12.1. The molecule has 1 aliphatic rings. The highest BCUT2D eigenvalue weighted by atomic mass is 32.2.